The molecule has 4 rings (SSSR count). The van der Waals surface area contributed by atoms with Crippen molar-refractivity contribution in [2.75, 3.05) is 25.5 Å². The summed E-state index contributed by atoms with van der Waals surface area (Å²) in [6, 6.07) is 19.2. The summed E-state index contributed by atoms with van der Waals surface area (Å²) in [6.45, 7) is 3.13. The number of hydrogen-bond donors (Lipinski definition) is 1. The predicted molar refractivity (Wildman–Crippen MR) is 119 cm³/mol. The van der Waals surface area contributed by atoms with Gasteiger partial charge >= 0.3 is 0 Å². The third kappa shape index (κ3) is 3.88. The van der Waals surface area contributed by atoms with Crippen molar-refractivity contribution < 1.29 is 14.3 Å². The highest BCUT2D eigenvalue weighted by Crippen LogP contribution is 2.30. The summed E-state index contributed by atoms with van der Waals surface area (Å²) in [7, 11) is 1.63. The van der Waals surface area contributed by atoms with E-state index in [1.807, 2.05) is 72.5 Å². The van der Waals surface area contributed by atoms with Crippen molar-refractivity contribution in [2.24, 2.45) is 5.92 Å². The van der Waals surface area contributed by atoms with Crippen molar-refractivity contribution in [3.8, 4) is 5.75 Å². The number of anilines is 1. The molecule has 1 saturated heterocycles. The molecule has 0 aromatic heterocycles. The zero-order valence-electron chi connectivity index (χ0n) is 17.4. The normalized spacial score (nSPS) is 14.5. The Morgan fingerprint density at radius 2 is 1.60 bits per heavy atom. The summed E-state index contributed by atoms with van der Waals surface area (Å²) in [5.41, 5.74) is 2.57. The first kappa shape index (κ1) is 20.0. The number of nitrogens with one attached hydrogen (secondary N) is 1. The van der Waals surface area contributed by atoms with Crippen molar-refractivity contribution in [1.29, 1.82) is 0 Å². The second kappa shape index (κ2) is 8.57. The highest BCUT2D eigenvalue weighted by atomic mass is 16.5. The third-order valence-corrected chi connectivity index (χ3v) is 5.89. The van der Waals surface area contributed by atoms with Crippen molar-refractivity contribution in [3.05, 3.63) is 71.8 Å². The second-order valence-electron chi connectivity index (χ2n) is 7.73. The number of fused-ring (bicyclic) bond motifs is 1. The molecule has 5 nitrogen and oxygen atoms in total. The monoisotopic (exact) mass is 402 g/mol. The minimum atomic E-state index is -0.0822. The fourth-order valence-corrected chi connectivity index (χ4v) is 4.10. The first-order chi connectivity index (χ1) is 14.6. The van der Waals surface area contributed by atoms with E-state index in [2.05, 4.69) is 5.32 Å². The summed E-state index contributed by atoms with van der Waals surface area (Å²) >= 11 is 0. The van der Waals surface area contributed by atoms with Crippen LogP contribution < -0.4 is 10.1 Å². The van der Waals surface area contributed by atoms with Crippen LogP contribution in [0.5, 0.6) is 5.75 Å². The predicted octanol–water partition coefficient (Wildman–Crippen LogP) is 4.65. The lowest BCUT2D eigenvalue weighted by molar-refractivity contribution is -0.121. The zero-order valence-corrected chi connectivity index (χ0v) is 17.4. The molecule has 2 amide bonds. The maximum atomic E-state index is 13.2. The molecular weight excluding hydrogens is 376 g/mol. The first-order valence-electron chi connectivity index (χ1n) is 10.3. The Labute approximate surface area is 176 Å². The number of para-hydroxylation sites is 1. The lowest BCUT2D eigenvalue weighted by atomic mass is 9.94. The number of nitrogens with zero attached hydrogens (tertiary/aromatic N) is 1. The molecule has 0 saturated carbocycles. The van der Waals surface area contributed by atoms with Crippen LogP contribution >= 0.6 is 0 Å². The number of carbonyl (C=O) groups is 2. The van der Waals surface area contributed by atoms with Gasteiger partial charge in [0.05, 0.1) is 7.11 Å². The largest absolute Gasteiger partial charge is 0.496 e. The van der Waals surface area contributed by atoms with Crippen LogP contribution in [0.25, 0.3) is 10.8 Å². The lowest BCUT2D eigenvalue weighted by Gasteiger charge is -2.31. The van der Waals surface area contributed by atoms with E-state index in [0.29, 0.717) is 31.5 Å². The van der Waals surface area contributed by atoms with Crippen molar-refractivity contribution in [2.45, 2.75) is 19.8 Å². The van der Waals surface area contributed by atoms with Gasteiger partial charge in [0.2, 0.25) is 5.91 Å². The lowest BCUT2D eigenvalue weighted by Crippen LogP contribution is -2.41. The van der Waals surface area contributed by atoms with Crippen LogP contribution in [-0.2, 0) is 4.79 Å². The van der Waals surface area contributed by atoms with Crippen LogP contribution in [0.2, 0.25) is 0 Å². The van der Waals surface area contributed by atoms with Gasteiger partial charge in [0, 0.05) is 35.6 Å². The molecule has 154 valence electrons. The van der Waals surface area contributed by atoms with Gasteiger partial charge in [-0.1, -0.05) is 42.5 Å². The van der Waals surface area contributed by atoms with Crippen LogP contribution in [0.3, 0.4) is 0 Å². The summed E-state index contributed by atoms with van der Waals surface area (Å²) < 4.78 is 5.44. The van der Waals surface area contributed by atoms with Gasteiger partial charge in [0.25, 0.3) is 5.91 Å². The Hall–Kier alpha value is -3.34. The Kier molecular flexibility index (Phi) is 5.70. The molecule has 1 heterocycles. The average molecular weight is 402 g/mol. The quantitative estimate of drug-likeness (QED) is 0.691. The minimum Gasteiger partial charge on any atom is -0.496 e. The molecule has 1 fully saturated rings. The molecule has 1 aliphatic rings. The van der Waals surface area contributed by atoms with Crippen LogP contribution in [0.1, 0.15) is 28.8 Å². The third-order valence-electron chi connectivity index (χ3n) is 5.89. The Bertz CT molecular complexity index is 1080. The van der Waals surface area contributed by atoms with E-state index >= 15 is 0 Å². The number of amides is 2. The number of rotatable bonds is 4. The number of methoxy groups -OCH3 is 1. The molecule has 3 aromatic carbocycles. The van der Waals surface area contributed by atoms with Crippen LogP contribution in [0.4, 0.5) is 5.69 Å². The number of ether oxygens (including phenoxy) is 1. The van der Waals surface area contributed by atoms with Gasteiger partial charge in [0.15, 0.2) is 0 Å². The van der Waals surface area contributed by atoms with E-state index in [1.165, 1.54) is 0 Å². The molecule has 0 spiro atoms. The van der Waals surface area contributed by atoms with Crippen LogP contribution in [0, 0.1) is 12.8 Å². The summed E-state index contributed by atoms with van der Waals surface area (Å²) in [4.78, 5) is 27.7. The number of likely N-dealkylation sites (tertiary alicyclic amines) is 1. The van der Waals surface area contributed by atoms with Gasteiger partial charge in [-0.25, -0.2) is 0 Å². The zero-order chi connectivity index (χ0) is 21.1. The maximum Gasteiger partial charge on any atom is 0.254 e. The van der Waals surface area contributed by atoms with E-state index in [-0.39, 0.29) is 17.7 Å². The molecule has 5 heteroatoms. The Morgan fingerprint density at radius 3 is 2.30 bits per heavy atom. The fourth-order valence-electron chi connectivity index (χ4n) is 4.10. The summed E-state index contributed by atoms with van der Waals surface area (Å²) in [5.74, 6) is 0.716. The maximum absolute atomic E-state index is 13.2. The smallest absolute Gasteiger partial charge is 0.254 e. The second-order valence-corrected chi connectivity index (χ2v) is 7.73. The number of hydrogen-bond acceptors (Lipinski definition) is 3. The number of piperidine rings is 1. The van der Waals surface area contributed by atoms with Crippen molar-refractivity contribution in [1.82, 2.24) is 4.90 Å². The highest BCUT2D eigenvalue weighted by molar-refractivity contribution is 6.08. The van der Waals surface area contributed by atoms with Gasteiger partial charge in [-0.2, -0.15) is 0 Å². The standard InChI is InChI=1S/C25H26N2O3/c1-17-7-3-6-10-22(17)26-24(28)18-13-15-27(16-14-18)25(29)21-11-12-23(30-2)20-9-5-4-8-19(20)21/h3-12,18H,13-16H2,1-2H3,(H,26,28). The number of carbonyl (C=O) groups excluding carboxylic acids is 2. The molecule has 0 bridgehead atoms. The molecule has 0 unspecified atom stereocenters. The van der Waals surface area contributed by atoms with E-state index in [9.17, 15) is 9.59 Å². The molecule has 30 heavy (non-hydrogen) atoms. The highest BCUT2D eigenvalue weighted by Gasteiger charge is 2.28. The van der Waals surface area contributed by atoms with E-state index < -0.39 is 0 Å². The van der Waals surface area contributed by atoms with Gasteiger partial charge in [-0.3, -0.25) is 9.59 Å². The topological polar surface area (TPSA) is 58.6 Å². The number of aryl methyl sites for hydroxylation is 1. The Balaban J connectivity index is 1.44. The first-order valence-corrected chi connectivity index (χ1v) is 10.3. The van der Waals surface area contributed by atoms with Crippen LogP contribution in [-0.4, -0.2) is 36.9 Å². The molecule has 1 N–H and O–H groups in total. The summed E-state index contributed by atoms with van der Waals surface area (Å²) in [5, 5.41) is 4.86. The van der Waals surface area contributed by atoms with Gasteiger partial charge in [0.1, 0.15) is 5.75 Å². The summed E-state index contributed by atoms with van der Waals surface area (Å²) in [6.07, 6.45) is 1.33. The number of benzene rings is 3. The SMILES string of the molecule is COc1ccc(C(=O)N2CCC(C(=O)Nc3ccccc3C)CC2)c2ccccc12. The molecule has 0 radical (unpaired) electrons. The van der Waals surface area contributed by atoms with E-state index in [0.717, 1.165) is 27.8 Å². The van der Waals surface area contributed by atoms with Crippen LogP contribution in [0.15, 0.2) is 60.7 Å². The van der Waals surface area contributed by atoms with Crippen molar-refractivity contribution >= 4 is 28.3 Å². The van der Waals surface area contributed by atoms with Gasteiger partial charge in [-0.05, 0) is 48.9 Å². The van der Waals surface area contributed by atoms with Crippen molar-refractivity contribution in [3.63, 3.8) is 0 Å². The molecule has 0 aliphatic carbocycles. The van der Waals surface area contributed by atoms with E-state index in [1.54, 1.807) is 7.11 Å². The van der Waals surface area contributed by atoms with E-state index in [4.69, 9.17) is 4.74 Å². The molecule has 3 aromatic rings. The fraction of sp³-hybridized carbons (Fsp3) is 0.280. The molecule has 0 atom stereocenters. The van der Waals surface area contributed by atoms with Gasteiger partial charge in [-0.15, -0.1) is 0 Å². The molecular formula is C25H26N2O3. The minimum absolute atomic E-state index is 0.00613. The average Bonchev–Trinajstić information content (AvgIpc) is 2.79. The Morgan fingerprint density at radius 1 is 0.933 bits per heavy atom. The molecule has 1 aliphatic heterocycles. The van der Waals surface area contributed by atoms with Gasteiger partial charge < -0.3 is 15.0 Å².